The fourth-order valence-corrected chi connectivity index (χ4v) is 7.39. The lowest BCUT2D eigenvalue weighted by Crippen LogP contribution is -2.68. The predicted octanol–water partition coefficient (Wildman–Crippen LogP) is -1.41. The molecule has 3 saturated heterocycles. The van der Waals surface area contributed by atoms with Gasteiger partial charge >= 0.3 is 5.97 Å². The van der Waals surface area contributed by atoms with Crippen molar-refractivity contribution in [3.05, 3.63) is 29.3 Å². The average Bonchev–Trinajstić information content (AvgIpc) is 3.20. The first kappa shape index (κ1) is 19.2. The van der Waals surface area contributed by atoms with Crippen LogP contribution in [-0.2, 0) is 35.9 Å². The van der Waals surface area contributed by atoms with E-state index in [-0.39, 0.29) is 6.42 Å². The smallest absolute Gasteiger partial charge is 0.321 e. The van der Waals surface area contributed by atoms with Gasteiger partial charge in [0, 0.05) is 24.1 Å². The molecule has 5 aliphatic rings. The quantitative estimate of drug-likeness (QED) is 0.463. The number of aliphatic hydroxyl groups is 3. The highest BCUT2D eigenvalue weighted by atomic mass is 16.7. The fraction of sp³-hybridized carbons (Fsp3) is 0.571. The molecular formula is C21H22N2O8. The molecule has 0 aromatic heterocycles. The fourth-order valence-electron chi connectivity index (χ4n) is 7.39. The first-order chi connectivity index (χ1) is 14.4. The molecule has 4 heterocycles. The highest BCUT2D eigenvalue weighted by molar-refractivity contribution is 6.13. The largest absolute Gasteiger partial charge is 0.468 e. The maximum absolute atomic E-state index is 13.9. The molecule has 4 aliphatic heterocycles. The van der Waals surface area contributed by atoms with Crippen molar-refractivity contribution in [1.29, 1.82) is 0 Å². The van der Waals surface area contributed by atoms with Crippen LogP contribution in [0.1, 0.15) is 25.0 Å². The standard InChI is InChI=1S/C21H22N2O8/c1-17(2)11-8-9-6-5-7-10-12(9)19(15(26)22(10)3)18(11,16(27)30-4)21(29)20(28,31-19)13(24)14(25)23(17)21/h5-7,11,13,24,28-29H,8H2,1-4H3/t11-,13-,18-,19+,20+,21-/m1/s1. The SMILES string of the molecule is COC(=O)[C@]12[C@@H]3Cc4cccc5c4[C@]1(O[C@@]1(O)[C@H](O)C(=O)N(C3(C)C)[C@@]21O)C(=O)N5C. The van der Waals surface area contributed by atoms with Crippen molar-refractivity contribution in [2.24, 2.45) is 11.3 Å². The Kier molecular flexibility index (Phi) is 2.96. The lowest BCUT2D eigenvalue weighted by Gasteiger charge is -2.48. The normalized spacial score (nSPS) is 45.3. The number of anilines is 1. The van der Waals surface area contributed by atoms with E-state index in [0.717, 1.165) is 12.0 Å². The first-order valence-corrected chi connectivity index (χ1v) is 10.1. The Morgan fingerprint density at radius 1 is 1.26 bits per heavy atom. The van der Waals surface area contributed by atoms with Gasteiger partial charge in [-0.1, -0.05) is 12.1 Å². The van der Waals surface area contributed by atoms with Gasteiger partial charge < -0.3 is 34.6 Å². The van der Waals surface area contributed by atoms with E-state index >= 15 is 0 Å². The minimum absolute atomic E-state index is 0.218. The van der Waals surface area contributed by atoms with E-state index in [4.69, 9.17) is 9.47 Å². The second-order valence-corrected chi connectivity index (χ2v) is 9.61. The van der Waals surface area contributed by atoms with Crippen LogP contribution >= 0.6 is 0 Å². The van der Waals surface area contributed by atoms with Gasteiger partial charge in [0.25, 0.3) is 17.6 Å². The van der Waals surface area contributed by atoms with Gasteiger partial charge in [-0.2, -0.15) is 0 Å². The Morgan fingerprint density at radius 2 is 1.94 bits per heavy atom. The maximum Gasteiger partial charge on any atom is 0.321 e. The number of aliphatic hydroxyl groups excluding tert-OH is 1. The zero-order chi connectivity index (χ0) is 22.5. The van der Waals surface area contributed by atoms with Crippen LogP contribution < -0.4 is 4.90 Å². The third-order valence-electron chi connectivity index (χ3n) is 8.39. The number of methoxy groups -OCH3 is 1. The molecule has 6 rings (SSSR count). The van der Waals surface area contributed by atoms with Crippen molar-refractivity contribution in [1.82, 2.24) is 4.90 Å². The number of hydrogen-bond acceptors (Lipinski definition) is 8. The van der Waals surface area contributed by atoms with Crippen molar-refractivity contribution in [2.45, 2.75) is 49.0 Å². The molecule has 164 valence electrons. The van der Waals surface area contributed by atoms with Gasteiger partial charge in [0.1, 0.15) is 0 Å². The molecule has 2 amide bonds. The molecule has 0 unspecified atom stereocenters. The lowest BCUT2D eigenvalue weighted by molar-refractivity contribution is -0.311. The van der Waals surface area contributed by atoms with Gasteiger partial charge in [-0.05, 0) is 31.9 Å². The number of benzene rings is 1. The summed E-state index contributed by atoms with van der Waals surface area (Å²) >= 11 is 0. The Balaban J connectivity index is 1.86. The van der Waals surface area contributed by atoms with Crippen LogP contribution in [0.3, 0.4) is 0 Å². The molecule has 3 N–H and O–H groups in total. The Bertz CT molecular complexity index is 1130. The van der Waals surface area contributed by atoms with E-state index in [1.807, 2.05) is 0 Å². The monoisotopic (exact) mass is 430 g/mol. The number of rotatable bonds is 1. The van der Waals surface area contributed by atoms with Crippen LogP contribution in [0.2, 0.25) is 0 Å². The van der Waals surface area contributed by atoms with Gasteiger partial charge in [-0.15, -0.1) is 0 Å². The van der Waals surface area contributed by atoms with Crippen molar-refractivity contribution in [3.8, 4) is 0 Å². The molecule has 31 heavy (non-hydrogen) atoms. The summed E-state index contributed by atoms with van der Waals surface area (Å²) in [6, 6.07) is 5.25. The van der Waals surface area contributed by atoms with Gasteiger partial charge in [0.15, 0.2) is 17.1 Å². The van der Waals surface area contributed by atoms with Crippen LogP contribution in [0.4, 0.5) is 5.69 Å². The number of nitrogens with zero attached hydrogens (tertiary/aromatic N) is 2. The molecule has 1 spiro atoms. The molecule has 3 fully saturated rings. The average molecular weight is 430 g/mol. The minimum atomic E-state index is -2.93. The van der Waals surface area contributed by atoms with E-state index < -0.39 is 57.9 Å². The van der Waals surface area contributed by atoms with Crippen molar-refractivity contribution >= 4 is 23.5 Å². The number of hydrogen-bond donors (Lipinski definition) is 3. The van der Waals surface area contributed by atoms with Crippen LogP contribution in [0.5, 0.6) is 0 Å². The summed E-state index contributed by atoms with van der Waals surface area (Å²) in [7, 11) is 2.62. The Labute approximate surface area is 176 Å². The summed E-state index contributed by atoms with van der Waals surface area (Å²) < 4.78 is 11.1. The van der Waals surface area contributed by atoms with E-state index in [1.54, 1.807) is 32.0 Å². The number of ether oxygens (including phenoxy) is 2. The zero-order valence-corrected chi connectivity index (χ0v) is 17.4. The molecule has 0 bridgehead atoms. The molecular weight excluding hydrogens is 408 g/mol. The van der Waals surface area contributed by atoms with Crippen LogP contribution in [0, 0.1) is 11.3 Å². The number of amides is 2. The van der Waals surface area contributed by atoms with Crippen LogP contribution in [-0.4, -0.2) is 75.3 Å². The van der Waals surface area contributed by atoms with Crippen LogP contribution in [0.15, 0.2) is 18.2 Å². The van der Waals surface area contributed by atoms with Gasteiger partial charge in [0.05, 0.1) is 12.8 Å². The highest BCUT2D eigenvalue weighted by Gasteiger charge is 3.00. The summed E-state index contributed by atoms with van der Waals surface area (Å²) in [5.41, 5.74) is -6.84. The third kappa shape index (κ3) is 1.36. The minimum Gasteiger partial charge on any atom is -0.468 e. The van der Waals surface area contributed by atoms with Crippen molar-refractivity contribution in [3.63, 3.8) is 0 Å². The molecule has 10 nitrogen and oxygen atoms in total. The number of esters is 1. The summed E-state index contributed by atoms with van der Waals surface area (Å²) in [4.78, 5) is 42.9. The first-order valence-electron chi connectivity index (χ1n) is 10.1. The van der Waals surface area contributed by atoms with E-state index in [1.165, 1.54) is 11.9 Å². The number of likely N-dealkylation sites (N-methyl/N-ethyl adjacent to an activating group) is 1. The predicted molar refractivity (Wildman–Crippen MR) is 101 cm³/mol. The third-order valence-corrected chi connectivity index (χ3v) is 8.39. The molecule has 6 atom stereocenters. The van der Waals surface area contributed by atoms with Gasteiger partial charge in [-0.25, -0.2) is 0 Å². The lowest BCUT2D eigenvalue weighted by atomic mass is 9.51. The topological polar surface area (TPSA) is 137 Å². The Hall–Kier alpha value is -2.53. The second-order valence-electron chi connectivity index (χ2n) is 9.61. The molecule has 10 heteroatoms. The number of carbonyl (C=O) groups is 3. The second kappa shape index (κ2) is 4.78. The highest BCUT2D eigenvalue weighted by Crippen LogP contribution is 2.79. The molecule has 0 saturated carbocycles. The summed E-state index contributed by atoms with van der Waals surface area (Å²) in [5.74, 6) is -6.44. The molecule has 1 aromatic carbocycles. The zero-order valence-electron chi connectivity index (χ0n) is 17.4. The van der Waals surface area contributed by atoms with Gasteiger partial charge in [0.2, 0.25) is 5.72 Å². The van der Waals surface area contributed by atoms with Crippen LogP contribution in [0.25, 0.3) is 0 Å². The van der Waals surface area contributed by atoms with E-state index in [9.17, 15) is 29.7 Å². The summed E-state index contributed by atoms with van der Waals surface area (Å²) in [6.45, 7) is 3.28. The summed E-state index contributed by atoms with van der Waals surface area (Å²) in [5, 5.41) is 34.5. The molecule has 1 aliphatic carbocycles. The van der Waals surface area contributed by atoms with Crippen molar-refractivity contribution in [2.75, 3.05) is 19.1 Å². The van der Waals surface area contributed by atoms with Gasteiger partial charge in [-0.3, -0.25) is 14.4 Å². The molecule has 1 aromatic rings. The molecule has 0 radical (unpaired) electrons. The summed E-state index contributed by atoms with van der Waals surface area (Å²) in [6.07, 6.45) is -1.98. The Morgan fingerprint density at radius 3 is 2.58 bits per heavy atom. The van der Waals surface area contributed by atoms with Crippen molar-refractivity contribution < 1.29 is 39.2 Å². The van der Waals surface area contributed by atoms with E-state index in [0.29, 0.717) is 16.8 Å². The maximum atomic E-state index is 13.9. The number of carbonyl (C=O) groups excluding carboxylic acids is 3. The van der Waals surface area contributed by atoms with E-state index in [2.05, 4.69) is 0 Å².